The Labute approximate surface area is 163 Å². The van der Waals surface area contributed by atoms with Crippen molar-refractivity contribution >= 4 is 22.5 Å². The summed E-state index contributed by atoms with van der Waals surface area (Å²) in [4.78, 5) is 16.8. The molecule has 0 bridgehead atoms. The van der Waals surface area contributed by atoms with Gasteiger partial charge in [-0.2, -0.15) is 18.3 Å². The number of alkyl halides is 3. The number of nitrogens with one attached hydrogen (secondary N) is 1. The average Bonchev–Trinajstić information content (AvgIpc) is 3.09. The molecule has 29 heavy (non-hydrogen) atoms. The Kier molecular flexibility index (Phi) is 4.54. The number of pyridine rings is 1. The van der Waals surface area contributed by atoms with Gasteiger partial charge in [0.25, 0.3) is 5.91 Å². The van der Waals surface area contributed by atoms with Gasteiger partial charge in [-0.25, -0.2) is 4.68 Å². The molecule has 0 atom stereocenters. The molecule has 0 fully saturated rings. The van der Waals surface area contributed by atoms with E-state index in [1.165, 1.54) is 22.9 Å². The maximum Gasteiger partial charge on any atom is 0.416 e. The summed E-state index contributed by atoms with van der Waals surface area (Å²) in [6.45, 7) is 1.67. The first-order valence-electron chi connectivity index (χ1n) is 8.72. The van der Waals surface area contributed by atoms with Crippen LogP contribution in [0.1, 0.15) is 21.7 Å². The first kappa shape index (κ1) is 18.7. The molecule has 0 saturated carbocycles. The van der Waals surface area contributed by atoms with E-state index in [1.54, 1.807) is 25.3 Å². The second-order valence-corrected chi connectivity index (χ2v) is 6.50. The summed E-state index contributed by atoms with van der Waals surface area (Å²) in [5, 5.41) is 7.87. The smallest absolute Gasteiger partial charge is 0.321 e. The van der Waals surface area contributed by atoms with Crippen molar-refractivity contribution in [1.29, 1.82) is 0 Å². The third kappa shape index (κ3) is 3.82. The number of hydrogen-bond donors (Lipinski definition) is 1. The minimum Gasteiger partial charge on any atom is -0.321 e. The highest BCUT2D eigenvalue weighted by Gasteiger charge is 2.30. The van der Waals surface area contributed by atoms with Gasteiger partial charge in [0, 0.05) is 23.0 Å². The van der Waals surface area contributed by atoms with Gasteiger partial charge in [-0.3, -0.25) is 9.78 Å². The summed E-state index contributed by atoms with van der Waals surface area (Å²) in [5.41, 5.74) is 1.37. The van der Waals surface area contributed by atoms with Crippen molar-refractivity contribution < 1.29 is 18.0 Å². The molecule has 0 aliphatic heterocycles. The van der Waals surface area contributed by atoms with Gasteiger partial charge >= 0.3 is 6.18 Å². The van der Waals surface area contributed by atoms with E-state index < -0.39 is 17.6 Å². The quantitative estimate of drug-likeness (QED) is 0.530. The van der Waals surface area contributed by atoms with E-state index in [4.69, 9.17) is 0 Å². The van der Waals surface area contributed by atoms with Crippen LogP contribution < -0.4 is 5.32 Å². The zero-order chi connectivity index (χ0) is 20.6. The van der Waals surface area contributed by atoms with Gasteiger partial charge in [0.2, 0.25) is 0 Å². The van der Waals surface area contributed by atoms with Crippen LogP contribution in [0.4, 0.5) is 18.9 Å². The third-order valence-corrected chi connectivity index (χ3v) is 4.40. The normalized spacial score (nSPS) is 11.6. The lowest BCUT2D eigenvalue weighted by atomic mass is 10.2. The van der Waals surface area contributed by atoms with Crippen molar-refractivity contribution in [2.45, 2.75) is 13.1 Å². The molecule has 0 aliphatic carbocycles. The summed E-state index contributed by atoms with van der Waals surface area (Å²) in [6, 6.07) is 15.4. The first-order chi connectivity index (χ1) is 13.8. The molecule has 0 spiro atoms. The lowest BCUT2D eigenvalue weighted by Crippen LogP contribution is -2.13. The highest BCUT2D eigenvalue weighted by atomic mass is 19.4. The number of hydrogen-bond acceptors (Lipinski definition) is 3. The molecule has 0 aliphatic rings. The number of anilines is 1. The summed E-state index contributed by atoms with van der Waals surface area (Å²) in [6.07, 6.45) is -2.80. The van der Waals surface area contributed by atoms with E-state index in [9.17, 15) is 18.0 Å². The lowest BCUT2D eigenvalue weighted by Gasteiger charge is -2.09. The van der Waals surface area contributed by atoms with Crippen molar-refractivity contribution in [3.05, 3.63) is 83.8 Å². The van der Waals surface area contributed by atoms with Gasteiger partial charge in [-0.05, 0) is 49.4 Å². The van der Waals surface area contributed by atoms with Gasteiger partial charge in [0.05, 0.1) is 16.8 Å². The Morgan fingerprint density at radius 1 is 1.03 bits per heavy atom. The number of halogens is 3. The molecule has 0 radical (unpaired) electrons. The summed E-state index contributed by atoms with van der Waals surface area (Å²) in [5.74, 6) is -0.464. The van der Waals surface area contributed by atoms with Gasteiger partial charge in [0.1, 0.15) is 0 Å². The maximum atomic E-state index is 13.0. The number of rotatable bonds is 3. The van der Waals surface area contributed by atoms with E-state index in [1.807, 2.05) is 18.2 Å². The molecule has 4 aromatic rings. The number of carbonyl (C=O) groups excluding carboxylic acids is 1. The van der Waals surface area contributed by atoms with Crippen molar-refractivity contribution in [3.8, 4) is 5.69 Å². The fourth-order valence-electron chi connectivity index (χ4n) is 3.00. The fraction of sp³-hybridized carbons (Fsp3) is 0.0952. The molecule has 1 amide bonds. The standard InChI is InChI=1S/C21H15F3N4O/c1-13-10-19(27-28(13)17-6-2-5-15(11-17)21(22,23)24)20(29)26-16-8-7-14-4-3-9-25-18(14)12-16/h2-12H,1H3,(H,26,29). The number of nitrogens with zero attached hydrogens (tertiary/aromatic N) is 3. The van der Waals surface area contributed by atoms with Crippen molar-refractivity contribution in [1.82, 2.24) is 14.8 Å². The second-order valence-electron chi connectivity index (χ2n) is 6.50. The van der Waals surface area contributed by atoms with Crippen molar-refractivity contribution in [2.75, 3.05) is 5.32 Å². The maximum absolute atomic E-state index is 13.0. The van der Waals surface area contributed by atoms with Gasteiger partial charge in [-0.15, -0.1) is 0 Å². The van der Waals surface area contributed by atoms with Crippen LogP contribution >= 0.6 is 0 Å². The topological polar surface area (TPSA) is 59.8 Å². The lowest BCUT2D eigenvalue weighted by molar-refractivity contribution is -0.137. The average molecular weight is 396 g/mol. The number of aryl methyl sites for hydroxylation is 1. The number of fused-ring (bicyclic) bond motifs is 1. The molecular formula is C21H15F3N4O. The first-order valence-corrected chi connectivity index (χ1v) is 8.72. The van der Waals surface area contributed by atoms with Gasteiger partial charge in [-0.1, -0.05) is 18.2 Å². The van der Waals surface area contributed by atoms with E-state index >= 15 is 0 Å². The Hall–Kier alpha value is -3.68. The Balaban J connectivity index is 1.61. The Morgan fingerprint density at radius 2 is 1.86 bits per heavy atom. The zero-order valence-electron chi connectivity index (χ0n) is 15.2. The largest absolute Gasteiger partial charge is 0.416 e. The molecule has 146 valence electrons. The number of amides is 1. The third-order valence-electron chi connectivity index (χ3n) is 4.40. The van der Waals surface area contributed by atoms with E-state index in [-0.39, 0.29) is 11.4 Å². The Bertz CT molecular complexity index is 1210. The van der Waals surface area contributed by atoms with Crippen molar-refractivity contribution in [3.63, 3.8) is 0 Å². The van der Waals surface area contributed by atoms with Crippen LogP contribution in [0.25, 0.3) is 16.6 Å². The monoisotopic (exact) mass is 396 g/mol. The fourth-order valence-corrected chi connectivity index (χ4v) is 3.00. The van der Waals surface area contributed by atoms with Gasteiger partial charge < -0.3 is 5.32 Å². The minimum atomic E-state index is -4.46. The summed E-state index contributed by atoms with van der Waals surface area (Å²) >= 11 is 0. The zero-order valence-corrected chi connectivity index (χ0v) is 15.2. The molecular weight excluding hydrogens is 381 g/mol. The molecule has 0 saturated heterocycles. The van der Waals surface area contributed by atoms with Crippen LogP contribution in [0.5, 0.6) is 0 Å². The molecule has 2 heterocycles. The van der Waals surface area contributed by atoms with Crippen LogP contribution in [0.2, 0.25) is 0 Å². The van der Waals surface area contributed by atoms with Crippen molar-refractivity contribution in [2.24, 2.45) is 0 Å². The SMILES string of the molecule is Cc1cc(C(=O)Nc2ccc3cccnc3c2)nn1-c1cccc(C(F)(F)F)c1. The van der Waals surface area contributed by atoms with Gasteiger partial charge in [0.15, 0.2) is 5.69 Å². The second kappa shape index (κ2) is 7.05. The molecule has 0 unspecified atom stereocenters. The highest BCUT2D eigenvalue weighted by Crippen LogP contribution is 2.30. The van der Waals surface area contributed by atoms with Crippen LogP contribution in [0.3, 0.4) is 0 Å². The molecule has 4 rings (SSSR count). The van der Waals surface area contributed by atoms with Crippen LogP contribution in [-0.2, 0) is 6.18 Å². The van der Waals surface area contributed by atoms with Crippen LogP contribution in [-0.4, -0.2) is 20.7 Å². The summed E-state index contributed by atoms with van der Waals surface area (Å²) < 4.78 is 40.2. The Morgan fingerprint density at radius 3 is 2.66 bits per heavy atom. The van der Waals surface area contributed by atoms with E-state index in [0.717, 1.165) is 23.0 Å². The summed E-state index contributed by atoms with van der Waals surface area (Å²) in [7, 11) is 0. The predicted octanol–water partition coefficient (Wildman–Crippen LogP) is 5.00. The molecule has 2 aromatic carbocycles. The van der Waals surface area contributed by atoms with E-state index in [2.05, 4.69) is 15.4 Å². The minimum absolute atomic E-state index is 0.0982. The predicted molar refractivity (Wildman–Crippen MR) is 103 cm³/mol. The number of aromatic nitrogens is 3. The molecule has 1 N–H and O–H groups in total. The number of benzene rings is 2. The molecule has 8 heteroatoms. The van der Waals surface area contributed by atoms with Crippen LogP contribution in [0.15, 0.2) is 66.9 Å². The number of carbonyl (C=O) groups is 1. The van der Waals surface area contributed by atoms with E-state index in [0.29, 0.717) is 11.4 Å². The molecule has 2 aromatic heterocycles. The van der Waals surface area contributed by atoms with Crippen LogP contribution in [0, 0.1) is 6.92 Å². The molecule has 5 nitrogen and oxygen atoms in total. The highest BCUT2D eigenvalue weighted by molar-refractivity contribution is 6.03.